The number of benzene rings is 2. The zero-order valence-electron chi connectivity index (χ0n) is 23.4. The number of rotatable bonds is 6. The number of aromatic amines is 1. The van der Waals surface area contributed by atoms with Crippen molar-refractivity contribution in [2.75, 3.05) is 13.1 Å². The first-order valence-electron chi connectivity index (χ1n) is 14.3. The van der Waals surface area contributed by atoms with Gasteiger partial charge in [-0.1, -0.05) is 60.7 Å². The van der Waals surface area contributed by atoms with Crippen LogP contribution in [0.15, 0.2) is 91.1 Å². The van der Waals surface area contributed by atoms with E-state index in [1.54, 1.807) is 0 Å². The predicted octanol–water partition coefficient (Wildman–Crippen LogP) is 6.41. The fourth-order valence-corrected chi connectivity index (χ4v) is 5.86. The molecule has 2 aromatic carbocycles. The summed E-state index contributed by atoms with van der Waals surface area (Å²) >= 11 is 0. The molecule has 0 atom stereocenters. The molecule has 8 heteroatoms. The molecule has 5 heterocycles. The summed E-state index contributed by atoms with van der Waals surface area (Å²) in [4.78, 5) is 16.8. The van der Waals surface area contributed by atoms with Crippen LogP contribution in [0.3, 0.4) is 0 Å². The van der Waals surface area contributed by atoms with Crippen molar-refractivity contribution in [3.8, 4) is 40.1 Å². The first-order valence-corrected chi connectivity index (χ1v) is 14.3. The summed E-state index contributed by atoms with van der Waals surface area (Å²) in [7, 11) is 0. The van der Waals surface area contributed by atoms with Crippen LogP contribution in [0.25, 0.3) is 39.7 Å². The van der Waals surface area contributed by atoms with Crippen molar-refractivity contribution in [2.45, 2.75) is 32.2 Å². The number of hydrogen-bond acceptors (Lipinski definition) is 6. The van der Waals surface area contributed by atoms with Gasteiger partial charge in [0.2, 0.25) is 0 Å². The van der Waals surface area contributed by atoms with Crippen molar-refractivity contribution in [1.82, 2.24) is 34.4 Å². The van der Waals surface area contributed by atoms with E-state index in [4.69, 9.17) is 9.97 Å². The fourth-order valence-electron chi connectivity index (χ4n) is 5.86. The van der Waals surface area contributed by atoms with Crippen LogP contribution >= 0.6 is 0 Å². The van der Waals surface area contributed by atoms with E-state index in [9.17, 15) is 5.26 Å². The third kappa shape index (κ3) is 4.95. The molecule has 206 valence electrons. The van der Waals surface area contributed by atoms with E-state index in [0.717, 1.165) is 72.2 Å². The third-order valence-corrected chi connectivity index (χ3v) is 8.05. The predicted molar refractivity (Wildman–Crippen MR) is 162 cm³/mol. The summed E-state index contributed by atoms with van der Waals surface area (Å²) in [6, 6.07) is 30.9. The molecule has 1 saturated heterocycles. The van der Waals surface area contributed by atoms with Gasteiger partial charge in [-0.05, 0) is 62.7 Å². The maximum absolute atomic E-state index is 9.69. The number of piperidine rings is 1. The number of imidazole rings is 1. The number of fused-ring (bicyclic) bond motifs is 1. The molecule has 4 aromatic heterocycles. The van der Waals surface area contributed by atoms with Crippen LogP contribution in [0.1, 0.15) is 41.4 Å². The molecule has 0 amide bonds. The van der Waals surface area contributed by atoms with Gasteiger partial charge < -0.3 is 0 Å². The second-order valence-corrected chi connectivity index (χ2v) is 10.9. The molecule has 0 aliphatic carbocycles. The lowest BCUT2D eigenvalue weighted by molar-refractivity contribution is 0.202. The van der Waals surface area contributed by atoms with Gasteiger partial charge in [0.1, 0.15) is 17.6 Å². The average Bonchev–Trinajstić information content (AvgIpc) is 3.68. The summed E-state index contributed by atoms with van der Waals surface area (Å²) < 4.78 is 2.02. The van der Waals surface area contributed by atoms with E-state index >= 15 is 0 Å². The molecule has 0 unspecified atom stereocenters. The van der Waals surface area contributed by atoms with E-state index in [2.05, 4.69) is 62.5 Å². The quantitative estimate of drug-likeness (QED) is 0.257. The zero-order chi connectivity index (χ0) is 28.5. The summed E-state index contributed by atoms with van der Waals surface area (Å²) in [5, 5.41) is 17.3. The Morgan fingerprint density at radius 1 is 0.857 bits per heavy atom. The van der Waals surface area contributed by atoms with Crippen LogP contribution in [0.4, 0.5) is 0 Å². The number of likely N-dealkylation sites (tertiary alicyclic amines) is 1. The number of nitriles is 1. The molecule has 1 aliphatic heterocycles. The minimum Gasteiger partial charge on any atom is -0.299 e. The second-order valence-electron chi connectivity index (χ2n) is 10.9. The number of pyridine rings is 2. The van der Waals surface area contributed by atoms with E-state index in [-0.39, 0.29) is 0 Å². The van der Waals surface area contributed by atoms with Crippen LogP contribution in [0.2, 0.25) is 0 Å². The maximum atomic E-state index is 9.69. The third-order valence-electron chi connectivity index (χ3n) is 8.05. The maximum Gasteiger partial charge on any atom is 0.199 e. The van der Waals surface area contributed by atoms with Crippen LogP contribution in [0, 0.1) is 18.3 Å². The molecule has 8 nitrogen and oxygen atoms in total. The minimum absolute atomic E-state index is 0.374. The van der Waals surface area contributed by atoms with Crippen molar-refractivity contribution < 1.29 is 0 Å². The highest BCUT2D eigenvalue weighted by molar-refractivity contribution is 5.83. The number of aromatic nitrogens is 6. The van der Waals surface area contributed by atoms with Gasteiger partial charge in [-0.25, -0.2) is 15.0 Å². The summed E-state index contributed by atoms with van der Waals surface area (Å²) in [6.07, 6.45) is 4.06. The Labute approximate surface area is 244 Å². The molecule has 42 heavy (non-hydrogen) atoms. The monoisotopic (exact) mass is 550 g/mol. The Morgan fingerprint density at radius 3 is 2.43 bits per heavy atom. The molecule has 1 aliphatic rings. The van der Waals surface area contributed by atoms with E-state index in [1.165, 1.54) is 5.56 Å². The first kappa shape index (κ1) is 25.8. The van der Waals surface area contributed by atoms with Gasteiger partial charge in [0.15, 0.2) is 11.5 Å². The Kier molecular flexibility index (Phi) is 6.78. The molecular formula is C34H30N8. The molecule has 0 saturated carbocycles. The smallest absolute Gasteiger partial charge is 0.199 e. The Hall–Kier alpha value is -5.13. The second kappa shape index (κ2) is 11.0. The Morgan fingerprint density at radius 2 is 1.67 bits per heavy atom. The van der Waals surface area contributed by atoms with E-state index in [1.807, 2.05) is 66.1 Å². The highest BCUT2D eigenvalue weighted by Crippen LogP contribution is 2.34. The highest BCUT2D eigenvalue weighted by Gasteiger charge is 2.24. The molecule has 1 fully saturated rings. The van der Waals surface area contributed by atoms with Crippen LogP contribution in [-0.4, -0.2) is 47.5 Å². The van der Waals surface area contributed by atoms with Gasteiger partial charge in [-0.15, -0.1) is 0 Å². The van der Waals surface area contributed by atoms with Gasteiger partial charge in [-0.2, -0.15) is 10.4 Å². The van der Waals surface area contributed by atoms with Crippen LogP contribution < -0.4 is 0 Å². The summed E-state index contributed by atoms with van der Waals surface area (Å²) in [6.45, 7) is 4.89. The molecule has 7 rings (SSSR count). The molecule has 1 N–H and O–H groups in total. The number of aryl methyl sites for hydroxylation is 1. The van der Waals surface area contributed by atoms with Crippen molar-refractivity contribution >= 4 is 5.65 Å². The lowest BCUT2D eigenvalue weighted by atomic mass is 9.95. The van der Waals surface area contributed by atoms with E-state index in [0.29, 0.717) is 23.0 Å². The van der Waals surface area contributed by atoms with Crippen molar-refractivity contribution in [1.29, 1.82) is 5.26 Å². The first-order chi connectivity index (χ1) is 20.7. The standard InChI is InChI=1S/C34H30N8/c1-23-7-5-11-29(36-23)33-38-32(39-40-33)27-16-19-41(20-17-27)22-24-12-14-25(15-13-24)30-31(26-8-3-2-4-9-26)42-18-6-10-28(21-35)34(42)37-30/h2-15,18,27H,16-17,19-20,22H2,1H3,(H,38,39,40). The van der Waals surface area contributed by atoms with Gasteiger partial charge >= 0.3 is 0 Å². The van der Waals surface area contributed by atoms with Gasteiger partial charge in [0, 0.05) is 35.5 Å². The molecular weight excluding hydrogens is 520 g/mol. The van der Waals surface area contributed by atoms with Gasteiger partial charge in [0.05, 0.1) is 17.0 Å². The number of H-pyrrole nitrogens is 1. The van der Waals surface area contributed by atoms with Crippen molar-refractivity contribution in [2.24, 2.45) is 0 Å². The largest absolute Gasteiger partial charge is 0.299 e. The number of nitrogens with one attached hydrogen (secondary N) is 1. The van der Waals surface area contributed by atoms with Crippen molar-refractivity contribution in [3.05, 3.63) is 114 Å². The minimum atomic E-state index is 0.374. The van der Waals surface area contributed by atoms with Gasteiger partial charge in [0.25, 0.3) is 0 Å². The average molecular weight is 551 g/mol. The summed E-state index contributed by atoms with van der Waals surface area (Å²) in [5.41, 5.74) is 8.25. The lowest BCUT2D eigenvalue weighted by Crippen LogP contribution is -2.32. The Bertz CT molecular complexity index is 1890. The number of hydrogen-bond donors (Lipinski definition) is 1. The highest BCUT2D eigenvalue weighted by atomic mass is 15.2. The fraction of sp³-hybridized carbons (Fsp3) is 0.206. The van der Waals surface area contributed by atoms with Crippen LogP contribution in [0.5, 0.6) is 0 Å². The lowest BCUT2D eigenvalue weighted by Gasteiger charge is -2.30. The molecule has 0 radical (unpaired) electrons. The molecule has 0 spiro atoms. The van der Waals surface area contributed by atoms with Gasteiger partial charge in [-0.3, -0.25) is 14.4 Å². The zero-order valence-corrected chi connectivity index (χ0v) is 23.4. The molecule has 6 aromatic rings. The molecule has 0 bridgehead atoms. The Balaban J connectivity index is 1.06. The van der Waals surface area contributed by atoms with Crippen LogP contribution in [-0.2, 0) is 6.54 Å². The summed E-state index contributed by atoms with van der Waals surface area (Å²) in [5.74, 6) is 2.00. The topological polar surface area (TPSA) is 98.8 Å². The normalized spacial score (nSPS) is 14.3. The van der Waals surface area contributed by atoms with E-state index < -0.39 is 0 Å². The number of nitrogens with zero attached hydrogens (tertiary/aromatic N) is 7. The SMILES string of the molecule is Cc1cccc(-c2n[nH]c(C3CCN(Cc4ccc(-c5nc6c(C#N)cccn6c5-c5ccccc5)cc4)CC3)n2)n1. The van der Waals surface area contributed by atoms with Crippen molar-refractivity contribution in [3.63, 3.8) is 0 Å².